The molecule has 0 unspecified atom stereocenters. The van der Waals surface area contributed by atoms with Crippen molar-refractivity contribution in [2.24, 2.45) is 0 Å². The van der Waals surface area contributed by atoms with E-state index in [4.69, 9.17) is 4.74 Å². The Bertz CT molecular complexity index is 575. The van der Waals surface area contributed by atoms with Crippen LogP contribution in [0.25, 0.3) is 0 Å². The molecule has 0 saturated heterocycles. The summed E-state index contributed by atoms with van der Waals surface area (Å²) >= 11 is 3.38. The summed E-state index contributed by atoms with van der Waals surface area (Å²) in [5.74, 6) is 0.650. The van der Waals surface area contributed by atoms with Crippen molar-refractivity contribution in [2.75, 3.05) is 12.4 Å². The van der Waals surface area contributed by atoms with E-state index in [1.54, 1.807) is 31.3 Å². The first kappa shape index (κ1) is 13.8. The summed E-state index contributed by atoms with van der Waals surface area (Å²) in [4.78, 5) is 0. The van der Waals surface area contributed by atoms with E-state index in [9.17, 15) is 8.78 Å². The number of para-hydroxylation sites is 2. The molecular formula is C14H12BrF2NO. The zero-order chi connectivity index (χ0) is 13.8. The first-order chi connectivity index (χ1) is 9.13. The molecule has 0 spiro atoms. The average Bonchev–Trinajstić information content (AvgIpc) is 2.39. The van der Waals surface area contributed by atoms with Crippen LogP contribution in [-0.2, 0) is 0 Å². The molecule has 2 aromatic rings. The van der Waals surface area contributed by atoms with E-state index in [1.807, 2.05) is 6.07 Å². The highest BCUT2D eigenvalue weighted by Crippen LogP contribution is 2.38. The van der Waals surface area contributed by atoms with Crippen LogP contribution in [0.5, 0.6) is 11.5 Å². The van der Waals surface area contributed by atoms with Crippen LogP contribution in [0.15, 0.2) is 46.9 Å². The van der Waals surface area contributed by atoms with Crippen LogP contribution in [0.3, 0.4) is 0 Å². The Labute approximate surface area is 118 Å². The van der Waals surface area contributed by atoms with Gasteiger partial charge < -0.3 is 10.1 Å². The van der Waals surface area contributed by atoms with E-state index in [-0.39, 0.29) is 11.3 Å². The monoisotopic (exact) mass is 327 g/mol. The molecule has 2 aromatic carbocycles. The highest BCUT2D eigenvalue weighted by atomic mass is 79.9. The van der Waals surface area contributed by atoms with Gasteiger partial charge in [-0.15, -0.1) is 0 Å². The molecular weight excluding hydrogens is 316 g/mol. The van der Waals surface area contributed by atoms with Gasteiger partial charge >= 0.3 is 0 Å². The molecule has 1 N–H and O–H groups in total. The second kappa shape index (κ2) is 6.02. The number of benzene rings is 2. The molecule has 2 nitrogen and oxygen atoms in total. The van der Waals surface area contributed by atoms with Crippen LogP contribution in [0.2, 0.25) is 0 Å². The van der Waals surface area contributed by atoms with E-state index < -0.39 is 6.43 Å². The van der Waals surface area contributed by atoms with Crippen molar-refractivity contribution in [1.29, 1.82) is 0 Å². The Morgan fingerprint density at radius 2 is 1.74 bits per heavy atom. The normalized spacial score (nSPS) is 10.6. The second-order valence-corrected chi connectivity index (χ2v) is 4.66. The molecule has 0 aromatic heterocycles. The predicted molar refractivity (Wildman–Crippen MR) is 75.2 cm³/mol. The van der Waals surface area contributed by atoms with Gasteiger partial charge in [0.25, 0.3) is 6.43 Å². The van der Waals surface area contributed by atoms with Crippen molar-refractivity contribution < 1.29 is 13.5 Å². The van der Waals surface area contributed by atoms with Gasteiger partial charge in [0.05, 0.1) is 11.3 Å². The fourth-order valence-electron chi connectivity index (χ4n) is 1.70. The summed E-state index contributed by atoms with van der Waals surface area (Å²) in [6, 6.07) is 11.5. The highest BCUT2D eigenvalue weighted by Gasteiger charge is 2.15. The number of alkyl halides is 2. The Balaban J connectivity index is 2.39. The average molecular weight is 328 g/mol. The van der Waals surface area contributed by atoms with Crippen LogP contribution in [-0.4, -0.2) is 7.05 Å². The number of hydrogen-bond acceptors (Lipinski definition) is 2. The third kappa shape index (κ3) is 3.04. The minimum atomic E-state index is -2.57. The van der Waals surface area contributed by atoms with Crippen molar-refractivity contribution >= 4 is 21.6 Å². The molecule has 5 heteroatoms. The lowest BCUT2D eigenvalue weighted by Crippen LogP contribution is -1.97. The van der Waals surface area contributed by atoms with Crippen LogP contribution in [0, 0.1) is 0 Å². The predicted octanol–water partition coefficient (Wildman–Crippen LogP) is 5.22. The van der Waals surface area contributed by atoms with Gasteiger partial charge in [0.2, 0.25) is 0 Å². The van der Waals surface area contributed by atoms with Crippen LogP contribution in [0.1, 0.15) is 12.0 Å². The SMILES string of the molecule is CNc1c(Br)cccc1Oc1ccccc1C(F)F. The molecule has 0 aliphatic heterocycles. The molecule has 0 aliphatic carbocycles. The van der Waals surface area contributed by atoms with E-state index in [2.05, 4.69) is 21.2 Å². The van der Waals surface area contributed by atoms with E-state index >= 15 is 0 Å². The molecule has 0 saturated carbocycles. The minimum Gasteiger partial charge on any atom is -0.455 e. The maximum Gasteiger partial charge on any atom is 0.267 e. The molecule has 0 amide bonds. The first-order valence-electron chi connectivity index (χ1n) is 5.64. The molecule has 2 rings (SSSR count). The zero-order valence-corrected chi connectivity index (χ0v) is 11.7. The van der Waals surface area contributed by atoms with Crippen LogP contribution < -0.4 is 10.1 Å². The quantitative estimate of drug-likeness (QED) is 0.831. The number of ether oxygens (including phenoxy) is 1. The summed E-state index contributed by atoms with van der Waals surface area (Å²) in [6.07, 6.45) is -2.57. The van der Waals surface area contributed by atoms with Crippen molar-refractivity contribution in [2.45, 2.75) is 6.43 Å². The number of rotatable bonds is 4. The van der Waals surface area contributed by atoms with Gasteiger partial charge in [-0.2, -0.15) is 0 Å². The van der Waals surface area contributed by atoms with Gasteiger partial charge in [0.15, 0.2) is 5.75 Å². The van der Waals surface area contributed by atoms with E-state index in [0.717, 1.165) is 4.47 Å². The van der Waals surface area contributed by atoms with Gasteiger partial charge in [-0.3, -0.25) is 0 Å². The molecule has 0 bridgehead atoms. The van der Waals surface area contributed by atoms with Crippen LogP contribution >= 0.6 is 15.9 Å². The van der Waals surface area contributed by atoms with Gasteiger partial charge in [-0.1, -0.05) is 18.2 Å². The molecule has 0 atom stereocenters. The van der Waals surface area contributed by atoms with E-state index in [0.29, 0.717) is 11.4 Å². The maximum absolute atomic E-state index is 12.9. The fourth-order valence-corrected chi connectivity index (χ4v) is 2.25. The molecule has 0 aliphatic rings. The number of hydrogen-bond donors (Lipinski definition) is 1. The molecule has 0 radical (unpaired) electrons. The van der Waals surface area contributed by atoms with Crippen molar-refractivity contribution in [3.8, 4) is 11.5 Å². The summed E-state index contributed by atoms with van der Waals surface area (Å²) in [7, 11) is 1.74. The lowest BCUT2D eigenvalue weighted by atomic mass is 10.2. The lowest BCUT2D eigenvalue weighted by molar-refractivity contribution is 0.148. The largest absolute Gasteiger partial charge is 0.455 e. The summed E-state index contributed by atoms with van der Waals surface area (Å²) < 4.78 is 32.2. The van der Waals surface area contributed by atoms with E-state index in [1.165, 1.54) is 12.1 Å². The first-order valence-corrected chi connectivity index (χ1v) is 6.44. The number of anilines is 1. The molecule has 0 fully saturated rings. The fraction of sp³-hybridized carbons (Fsp3) is 0.143. The van der Waals surface area contributed by atoms with Gasteiger partial charge in [-0.25, -0.2) is 8.78 Å². The Morgan fingerprint density at radius 3 is 2.42 bits per heavy atom. The Morgan fingerprint density at radius 1 is 1.05 bits per heavy atom. The van der Waals surface area contributed by atoms with Crippen molar-refractivity contribution in [3.05, 3.63) is 52.5 Å². The van der Waals surface area contributed by atoms with Crippen molar-refractivity contribution in [3.63, 3.8) is 0 Å². The van der Waals surface area contributed by atoms with Gasteiger partial charge in [-0.05, 0) is 40.2 Å². The van der Waals surface area contributed by atoms with Gasteiger partial charge in [0.1, 0.15) is 5.75 Å². The lowest BCUT2D eigenvalue weighted by Gasteiger charge is -2.14. The Kier molecular flexibility index (Phi) is 4.37. The molecule has 0 heterocycles. The van der Waals surface area contributed by atoms with Gasteiger partial charge in [0, 0.05) is 11.5 Å². The standard InChI is InChI=1S/C14H12BrF2NO/c1-18-13-10(15)6-4-8-12(13)19-11-7-3-2-5-9(11)14(16)17/h2-8,14,18H,1H3. The minimum absolute atomic E-state index is 0.121. The van der Waals surface area contributed by atoms with Crippen molar-refractivity contribution in [1.82, 2.24) is 0 Å². The summed E-state index contributed by atoms with van der Waals surface area (Å²) in [5, 5.41) is 2.97. The second-order valence-electron chi connectivity index (χ2n) is 3.80. The number of halogens is 3. The highest BCUT2D eigenvalue weighted by molar-refractivity contribution is 9.10. The smallest absolute Gasteiger partial charge is 0.267 e. The molecule has 100 valence electrons. The Hall–Kier alpha value is -1.62. The number of nitrogens with one attached hydrogen (secondary N) is 1. The zero-order valence-electron chi connectivity index (χ0n) is 10.2. The molecule has 19 heavy (non-hydrogen) atoms. The maximum atomic E-state index is 12.9. The third-order valence-electron chi connectivity index (χ3n) is 2.60. The third-order valence-corrected chi connectivity index (χ3v) is 3.26. The van der Waals surface area contributed by atoms with Crippen LogP contribution in [0.4, 0.5) is 14.5 Å². The summed E-state index contributed by atoms with van der Waals surface area (Å²) in [6.45, 7) is 0. The topological polar surface area (TPSA) is 21.3 Å². The summed E-state index contributed by atoms with van der Waals surface area (Å²) in [5.41, 5.74) is 0.594.